The maximum atomic E-state index is 4.76. The number of hydrogen-bond acceptors (Lipinski definition) is 3. The van der Waals surface area contributed by atoms with Gasteiger partial charge in [-0.1, -0.05) is 0 Å². The molecule has 0 radical (unpaired) electrons. The van der Waals surface area contributed by atoms with Gasteiger partial charge in [0.1, 0.15) is 0 Å². The lowest BCUT2D eigenvalue weighted by molar-refractivity contribution is 0.177. The van der Waals surface area contributed by atoms with Crippen LogP contribution in [0.3, 0.4) is 0 Å². The van der Waals surface area contributed by atoms with Crippen molar-refractivity contribution in [1.29, 1.82) is 0 Å². The minimum atomic E-state index is 0.415. The molecule has 0 saturated carbocycles. The Kier molecular flexibility index (Phi) is 2.18. The number of rotatable bonds is 2. The van der Waals surface area contributed by atoms with E-state index in [0.29, 0.717) is 17.2 Å². The number of aromatic nitrogens is 3. The second-order valence-corrected chi connectivity index (χ2v) is 2.14. The van der Waals surface area contributed by atoms with Crippen molar-refractivity contribution in [1.82, 2.24) is 15.2 Å². The summed E-state index contributed by atoms with van der Waals surface area (Å²) >= 11 is 3.06. The molecule has 0 aromatic carbocycles. The van der Waals surface area contributed by atoms with Crippen LogP contribution in [0.4, 0.5) is 0 Å². The smallest absolute Gasteiger partial charge is 0.0764 e. The Hall–Kier alpha value is -0.420. The van der Waals surface area contributed by atoms with Gasteiger partial charge >= 0.3 is 0 Å². The minimum absolute atomic E-state index is 0.415. The second kappa shape index (κ2) is 2.93. The highest BCUT2D eigenvalue weighted by Crippen LogP contribution is 1.98. The highest BCUT2D eigenvalue weighted by Gasteiger charge is 1.85. The Bertz CT molecular complexity index is 188. The molecule has 1 rings (SSSR count). The predicted molar refractivity (Wildman–Crippen MR) is 33.8 cm³/mol. The summed E-state index contributed by atoms with van der Waals surface area (Å²) in [7, 11) is 1.59. The third-order valence-corrected chi connectivity index (χ3v) is 1.08. The van der Waals surface area contributed by atoms with E-state index in [2.05, 4.69) is 31.1 Å². The van der Waals surface area contributed by atoms with E-state index in [0.717, 1.165) is 0 Å². The Balaban J connectivity index is 2.61. The van der Waals surface area contributed by atoms with Gasteiger partial charge in [0.05, 0.1) is 11.3 Å². The average Bonchev–Trinajstić information content (AvgIpc) is 2.17. The number of ether oxygens (including phenoxy) is 1. The molecule has 0 amide bonds. The monoisotopic (exact) mass is 190 g/mol. The molecule has 50 valence electrons. The summed E-state index contributed by atoms with van der Waals surface area (Å²) in [5, 5.41) is 7.28. The summed E-state index contributed by atoms with van der Waals surface area (Å²) in [5.41, 5.74) is 0. The predicted octanol–water partition coefficient (Wildman–Crippen LogP) is 0.343. The molecule has 0 atom stereocenters. The first-order valence-electron chi connectivity index (χ1n) is 2.33. The van der Waals surface area contributed by atoms with Crippen LogP contribution >= 0.6 is 15.9 Å². The fourth-order valence-corrected chi connectivity index (χ4v) is 0.724. The molecule has 9 heavy (non-hydrogen) atoms. The minimum Gasteiger partial charge on any atom is -0.380 e. The van der Waals surface area contributed by atoms with Crippen molar-refractivity contribution in [2.24, 2.45) is 0 Å². The van der Waals surface area contributed by atoms with Crippen LogP contribution in [0.5, 0.6) is 0 Å². The molecular formula is C4H5BrN3O-. The van der Waals surface area contributed by atoms with Crippen LogP contribution in [-0.2, 0) is 11.3 Å². The van der Waals surface area contributed by atoms with Crippen LogP contribution in [0.15, 0.2) is 4.73 Å². The van der Waals surface area contributed by atoms with E-state index in [1.807, 2.05) is 0 Å². The molecule has 0 saturated heterocycles. The fourth-order valence-electron chi connectivity index (χ4n) is 0.440. The maximum Gasteiger partial charge on any atom is 0.0764 e. The molecule has 0 spiro atoms. The average molecular weight is 191 g/mol. The SMILES string of the molecule is COCc1nnc(Br)[n-]1. The summed E-state index contributed by atoms with van der Waals surface area (Å²) in [5.74, 6) is 0.601. The van der Waals surface area contributed by atoms with Gasteiger partial charge in [0.2, 0.25) is 0 Å². The molecule has 5 heteroatoms. The van der Waals surface area contributed by atoms with E-state index in [1.54, 1.807) is 7.11 Å². The summed E-state index contributed by atoms with van der Waals surface area (Å²) < 4.78 is 5.26. The molecule has 4 nitrogen and oxygen atoms in total. The summed E-state index contributed by atoms with van der Waals surface area (Å²) in [6, 6.07) is 0. The number of hydrogen-bond donors (Lipinski definition) is 0. The molecule has 0 aliphatic rings. The van der Waals surface area contributed by atoms with Crippen LogP contribution in [0, 0.1) is 0 Å². The van der Waals surface area contributed by atoms with Gasteiger partial charge in [-0.25, -0.2) is 0 Å². The van der Waals surface area contributed by atoms with E-state index in [9.17, 15) is 0 Å². The highest BCUT2D eigenvalue weighted by atomic mass is 79.9. The van der Waals surface area contributed by atoms with Crippen molar-refractivity contribution in [3.05, 3.63) is 10.6 Å². The first kappa shape index (κ1) is 6.70. The van der Waals surface area contributed by atoms with E-state index < -0.39 is 0 Å². The van der Waals surface area contributed by atoms with Gasteiger partial charge in [0, 0.05) is 12.9 Å². The molecule has 0 N–H and O–H groups in total. The molecule has 0 aliphatic heterocycles. The Morgan fingerprint density at radius 3 is 2.89 bits per heavy atom. The Labute approximate surface area is 60.8 Å². The lowest BCUT2D eigenvalue weighted by Crippen LogP contribution is -1.90. The molecule has 0 aliphatic carbocycles. The largest absolute Gasteiger partial charge is 0.380 e. The standard InChI is InChI=1S/C4H5BrN3O/c1-9-2-3-6-4(5)8-7-3/h2H2,1H3/q-1. The second-order valence-electron chi connectivity index (χ2n) is 1.43. The number of methoxy groups -OCH3 is 1. The first-order chi connectivity index (χ1) is 4.33. The molecule has 1 aromatic rings. The van der Waals surface area contributed by atoms with Crippen LogP contribution in [-0.4, -0.2) is 17.3 Å². The Morgan fingerprint density at radius 1 is 1.67 bits per heavy atom. The van der Waals surface area contributed by atoms with Crippen molar-refractivity contribution >= 4 is 15.9 Å². The zero-order valence-corrected chi connectivity index (χ0v) is 6.42. The van der Waals surface area contributed by atoms with E-state index in [1.165, 1.54) is 0 Å². The van der Waals surface area contributed by atoms with Gasteiger partial charge in [-0.2, -0.15) is 0 Å². The van der Waals surface area contributed by atoms with Gasteiger partial charge in [-0.05, 0) is 15.9 Å². The normalized spacial score (nSPS) is 10.0. The molecule has 0 bridgehead atoms. The van der Waals surface area contributed by atoms with Crippen molar-refractivity contribution in [3.63, 3.8) is 0 Å². The van der Waals surface area contributed by atoms with Crippen molar-refractivity contribution in [2.45, 2.75) is 6.61 Å². The lowest BCUT2D eigenvalue weighted by atomic mass is 10.7. The molecule has 1 aromatic heterocycles. The topological polar surface area (TPSA) is 49.1 Å². The summed E-state index contributed by atoms with van der Waals surface area (Å²) in [6.07, 6.45) is 0. The molecule has 1 heterocycles. The van der Waals surface area contributed by atoms with Gasteiger partial charge in [0.25, 0.3) is 0 Å². The third-order valence-electron chi connectivity index (χ3n) is 0.743. The van der Waals surface area contributed by atoms with Crippen LogP contribution in [0.1, 0.15) is 5.82 Å². The quantitative estimate of drug-likeness (QED) is 0.676. The van der Waals surface area contributed by atoms with Crippen molar-refractivity contribution in [3.8, 4) is 0 Å². The van der Waals surface area contributed by atoms with Crippen molar-refractivity contribution < 1.29 is 4.74 Å². The Morgan fingerprint density at radius 2 is 2.44 bits per heavy atom. The van der Waals surface area contributed by atoms with Crippen molar-refractivity contribution in [2.75, 3.05) is 7.11 Å². The van der Waals surface area contributed by atoms with E-state index in [-0.39, 0.29) is 0 Å². The van der Waals surface area contributed by atoms with Gasteiger partial charge < -0.3 is 19.9 Å². The van der Waals surface area contributed by atoms with Gasteiger partial charge in [-0.3, -0.25) is 0 Å². The summed E-state index contributed by atoms with van der Waals surface area (Å²) in [6.45, 7) is 0.415. The molecular weight excluding hydrogens is 186 g/mol. The molecule has 0 fully saturated rings. The van der Waals surface area contributed by atoms with Crippen LogP contribution < -0.4 is 4.98 Å². The number of nitrogens with zero attached hydrogens (tertiary/aromatic N) is 3. The van der Waals surface area contributed by atoms with Gasteiger partial charge in [0.15, 0.2) is 0 Å². The zero-order chi connectivity index (χ0) is 6.69. The highest BCUT2D eigenvalue weighted by molar-refractivity contribution is 9.10. The lowest BCUT2D eigenvalue weighted by Gasteiger charge is -1.94. The van der Waals surface area contributed by atoms with E-state index >= 15 is 0 Å². The third kappa shape index (κ3) is 1.76. The van der Waals surface area contributed by atoms with Crippen LogP contribution in [0.25, 0.3) is 0 Å². The number of halogens is 1. The van der Waals surface area contributed by atoms with Gasteiger partial charge in [-0.15, -0.1) is 0 Å². The first-order valence-corrected chi connectivity index (χ1v) is 3.13. The summed E-state index contributed by atoms with van der Waals surface area (Å²) in [4.78, 5) is 3.87. The molecule has 0 unspecified atom stereocenters. The van der Waals surface area contributed by atoms with Crippen LogP contribution in [0.2, 0.25) is 0 Å². The fraction of sp³-hybridized carbons (Fsp3) is 0.500. The maximum absolute atomic E-state index is 4.76. The van der Waals surface area contributed by atoms with E-state index in [4.69, 9.17) is 4.74 Å². The zero-order valence-electron chi connectivity index (χ0n) is 4.83.